The zero-order valence-electron chi connectivity index (χ0n) is 25.5. The van der Waals surface area contributed by atoms with E-state index >= 15 is 0 Å². The Labute approximate surface area is 256 Å². The Kier molecular flexibility index (Phi) is 10.6. The first-order valence-corrected chi connectivity index (χ1v) is 14.6. The Morgan fingerprint density at radius 1 is 0.864 bits per heavy atom. The number of hydrogen-bond acceptors (Lipinski definition) is 11. The molecular formula is C33H37NO10. The molecule has 1 saturated carbocycles. The molecule has 234 valence electrons. The maximum atomic E-state index is 12.4. The first-order valence-electron chi connectivity index (χ1n) is 14.6. The third-order valence-electron chi connectivity index (χ3n) is 7.38. The summed E-state index contributed by atoms with van der Waals surface area (Å²) in [6, 6.07) is 13.9. The van der Waals surface area contributed by atoms with Gasteiger partial charge in [-0.3, -0.25) is 19.2 Å². The van der Waals surface area contributed by atoms with Crippen molar-refractivity contribution < 1.29 is 47.6 Å². The van der Waals surface area contributed by atoms with Gasteiger partial charge < -0.3 is 28.4 Å². The molecule has 2 aromatic rings. The van der Waals surface area contributed by atoms with Crippen LogP contribution in [0.4, 0.5) is 0 Å². The van der Waals surface area contributed by atoms with Crippen molar-refractivity contribution in [3.05, 3.63) is 64.2 Å². The van der Waals surface area contributed by atoms with E-state index in [4.69, 9.17) is 28.4 Å². The molecule has 11 nitrogen and oxygen atoms in total. The minimum atomic E-state index is -1.33. The van der Waals surface area contributed by atoms with Crippen molar-refractivity contribution in [2.45, 2.75) is 90.3 Å². The number of ether oxygens (including phenoxy) is 6. The summed E-state index contributed by atoms with van der Waals surface area (Å²) in [5, 5.41) is 10.0. The molecule has 0 amide bonds. The number of hydrogen-bond donors (Lipinski definition) is 0. The fourth-order valence-electron chi connectivity index (χ4n) is 5.42. The summed E-state index contributed by atoms with van der Waals surface area (Å²) >= 11 is 0. The van der Waals surface area contributed by atoms with Gasteiger partial charge in [-0.2, -0.15) is 5.26 Å². The lowest BCUT2D eigenvalue weighted by Gasteiger charge is -2.45. The largest absolute Gasteiger partial charge is 0.493 e. The molecule has 1 saturated heterocycles. The molecule has 0 bridgehead atoms. The lowest BCUT2D eigenvalue weighted by molar-refractivity contribution is -0.254. The van der Waals surface area contributed by atoms with Gasteiger partial charge in [0.05, 0.1) is 18.2 Å². The second-order valence-electron chi connectivity index (χ2n) is 10.9. The van der Waals surface area contributed by atoms with E-state index in [1.54, 1.807) is 19.1 Å². The Bertz CT molecular complexity index is 1430. The van der Waals surface area contributed by atoms with Crippen LogP contribution in [-0.4, -0.2) is 61.5 Å². The molecule has 4 rings (SSSR count). The first kappa shape index (κ1) is 32.5. The topological polar surface area (TPSA) is 147 Å². The molecular weight excluding hydrogens is 570 g/mol. The number of benzene rings is 2. The molecule has 1 heterocycles. The number of rotatable bonds is 11. The highest BCUT2D eigenvalue weighted by Crippen LogP contribution is 2.43. The molecule has 2 aliphatic rings. The van der Waals surface area contributed by atoms with E-state index in [2.05, 4.69) is 18.2 Å². The quantitative estimate of drug-likeness (QED) is 0.267. The lowest BCUT2D eigenvalue weighted by Crippen LogP contribution is -2.59. The normalized spacial score (nSPS) is 22.7. The maximum Gasteiger partial charge on any atom is 0.303 e. The Morgan fingerprint density at radius 3 is 2.02 bits per heavy atom. The number of nitrogens with zero attached hydrogens (tertiary/aromatic N) is 1. The van der Waals surface area contributed by atoms with Gasteiger partial charge in [0.25, 0.3) is 0 Å². The van der Waals surface area contributed by atoms with Crippen molar-refractivity contribution >= 4 is 23.9 Å². The lowest BCUT2D eigenvalue weighted by atomic mass is 9.87. The molecule has 0 N–H and O–H groups in total. The second-order valence-corrected chi connectivity index (χ2v) is 10.9. The minimum Gasteiger partial charge on any atom is -0.493 e. The van der Waals surface area contributed by atoms with E-state index in [0.717, 1.165) is 12.5 Å². The van der Waals surface area contributed by atoms with Crippen LogP contribution in [0.2, 0.25) is 0 Å². The molecule has 1 aliphatic heterocycles. The van der Waals surface area contributed by atoms with Gasteiger partial charge in [0.2, 0.25) is 0 Å². The van der Waals surface area contributed by atoms with E-state index in [1.165, 1.54) is 39.2 Å². The Hall–Kier alpha value is -4.43. The van der Waals surface area contributed by atoms with Crippen molar-refractivity contribution in [2.24, 2.45) is 0 Å². The minimum absolute atomic E-state index is 0.241. The van der Waals surface area contributed by atoms with Crippen molar-refractivity contribution in [1.82, 2.24) is 0 Å². The molecule has 0 spiro atoms. The molecule has 0 unspecified atom stereocenters. The fraction of sp³-hybridized carbons (Fsp3) is 0.485. The Morgan fingerprint density at radius 2 is 1.48 bits per heavy atom. The van der Waals surface area contributed by atoms with E-state index in [1.807, 2.05) is 12.1 Å². The second kappa shape index (κ2) is 14.4. The van der Waals surface area contributed by atoms with Gasteiger partial charge in [0.1, 0.15) is 24.6 Å². The van der Waals surface area contributed by atoms with Crippen molar-refractivity contribution in [1.29, 1.82) is 5.26 Å². The SMILES string of the molecule is CCOc1cc(C#N)c(Cc2ccc(C3CC3)cc2)cc1[C@@H]1O[C@H](COC(C)=O)[C@@H](OC(C)=O)[C@H](OC(C)=O)[C@H]1OC(C)=O. The summed E-state index contributed by atoms with van der Waals surface area (Å²) in [7, 11) is 0. The predicted octanol–water partition coefficient (Wildman–Crippen LogP) is 4.22. The highest BCUT2D eigenvalue weighted by molar-refractivity contribution is 5.69. The molecule has 2 fully saturated rings. The number of esters is 4. The molecule has 0 aromatic heterocycles. The van der Waals surface area contributed by atoms with Gasteiger partial charge in [-0.05, 0) is 60.9 Å². The van der Waals surface area contributed by atoms with Crippen LogP contribution in [0.25, 0.3) is 0 Å². The number of carbonyl (C=O) groups is 4. The average molecular weight is 608 g/mol. The summed E-state index contributed by atoms with van der Waals surface area (Å²) < 4.78 is 34.3. The van der Waals surface area contributed by atoms with Crippen LogP contribution >= 0.6 is 0 Å². The summed E-state index contributed by atoms with van der Waals surface area (Å²) in [6.07, 6.45) is -3.37. The zero-order valence-corrected chi connectivity index (χ0v) is 25.5. The van der Waals surface area contributed by atoms with Crippen LogP contribution < -0.4 is 4.74 Å². The smallest absolute Gasteiger partial charge is 0.303 e. The van der Waals surface area contributed by atoms with Crippen molar-refractivity contribution in [2.75, 3.05) is 13.2 Å². The van der Waals surface area contributed by atoms with Gasteiger partial charge in [-0.1, -0.05) is 24.3 Å². The van der Waals surface area contributed by atoms with E-state index in [9.17, 15) is 24.4 Å². The molecule has 44 heavy (non-hydrogen) atoms. The number of carbonyl (C=O) groups excluding carboxylic acids is 4. The third kappa shape index (κ3) is 8.14. The third-order valence-corrected chi connectivity index (χ3v) is 7.38. The van der Waals surface area contributed by atoms with Crippen LogP contribution in [0.1, 0.15) is 87.3 Å². The molecule has 11 heteroatoms. The van der Waals surface area contributed by atoms with Crippen LogP contribution in [0.5, 0.6) is 5.75 Å². The predicted molar refractivity (Wildman–Crippen MR) is 154 cm³/mol. The van der Waals surface area contributed by atoms with Gasteiger partial charge in [0, 0.05) is 33.3 Å². The monoisotopic (exact) mass is 607 g/mol. The summed E-state index contributed by atoms with van der Waals surface area (Å²) in [5.74, 6) is -1.86. The van der Waals surface area contributed by atoms with Crippen LogP contribution in [-0.2, 0) is 49.3 Å². The summed E-state index contributed by atoms with van der Waals surface area (Å²) in [6.45, 7) is 6.40. The maximum absolute atomic E-state index is 12.4. The van der Waals surface area contributed by atoms with Gasteiger partial charge in [-0.15, -0.1) is 0 Å². The van der Waals surface area contributed by atoms with Gasteiger partial charge in [0.15, 0.2) is 18.3 Å². The molecule has 1 aliphatic carbocycles. The highest BCUT2D eigenvalue weighted by atomic mass is 16.7. The highest BCUT2D eigenvalue weighted by Gasteiger charge is 2.53. The van der Waals surface area contributed by atoms with Crippen molar-refractivity contribution in [3.63, 3.8) is 0 Å². The summed E-state index contributed by atoms with van der Waals surface area (Å²) in [4.78, 5) is 48.5. The van der Waals surface area contributed by atoms with Crippen LogP contribution in [0.15, 0.2) is 36.4 Å². The van der Waals surface area contributed by atoms with Crippen molar-refractivity contribution in [3.8, 4) is 11.8 Å². The van der Waals surface area contributed by atoms with Crippen LogP contribution in [0, 0.1) is 11.3 Å². The standard InChI is InChI=1S/C33H37NO10/c1-6-39-28-15-26(16-34)25(13-22-7-9-23(10-8-22)24-11-12-24)14-27(28)30-32(42-20(4)37)33(43-21(5)38)31(41-19(3)36)29(44-30)17-40-18(2)35/h7-10,14-15,24,29-33H,6,11-13,17H2,1-5H3/t29-,30+,31-,32+,33+/m1/s1. The summed E-state index contributed by atoms with van der Waals surface area (Å²) in [5.41, 5.74) is 3.74. The molecule has 0 radical (unpaired) electrons. The van der Waals surface area contributed by atoms with Crippen LogP contribution in [0.3, 0.4) is 0 Å². The van der Waals surface area contributed by atoms with Gasteiger partial charge >= 0.3 is 23.9 Å². The van der Waals surface area contributed by atoms with E-state index in [0.29, 0.717) is 29.0 Å². The first-order chi connectivity index (χ1) is 21.0. The fourth-order valence-corrected chi connectivity index (χ4v) is 5.42. The van der Waals surface area contributed by atoms with Gasteiger partial charge in [-0.25, -0.2) is 0 Å². The van der Waals surface area contributed by atoms with E-state index in [-0.39, 0.29) is 19.0 Å². The average Bonchev–Trinajstić information content (AvgIpc) is 3.80. The van der Waals surface area contributed by atoms with E-state index < -0.39 is 54.4 Å². The molecule has 2 aromatic carbocycles. The Balaban J connectivity index is 1.83. The number of nitriles is 1. The zero-order chi connectivity index (χ0) is 32.0. The molecule has 5 atom stereocenters.